The number of amides is 1. The highest BCUT2D eigenvalue weighted by Crippen LogP contribution is 2.51. The number of thiophene rings is 1. The lowest BCUT2D eigenvalue weighted by molar-refractivity contribution is -0.137. The van der Waals surface area contributed by atoms with E-state index in [1.807, 2.05) is 11.8 Å². The van der Waals surface area contributed by atoms with Crippen molar-refractivity contribution < 1.29 is 35.9 Å². The van der Waals surface area contributed by atoms with E-state index >= 15 is 17.6 Å². The number of anilines is 2. The molecule has 2 N–H and O–H groups in total. The van der Waals surface area contributed by atoms with Crippen LogP contribution in [-0.4, -0.2) is 82.3 Å². The van der Waals surface area contributed by atoms with Crippen molar-refractivity contribution >= 4 is 54.7 Å². The number of hydrogen-bond donors (Lipinski definition) is 1. The van der Waals surface area contributed by atoms with Gasteiger partial charge in [0.1, 0.15) is 29.9 Å². The maximum atomic E-state index is 17.2. The van der Waals surface area contributed by atoms with Crippen LogP contribution in [0.2, 0.25) is 0 Å². The van der Waals surface area contributed by atoms with Crippen LogP contribution in [0.15, 0.2) is 30.9 Å². The number of hydrogen-bond acceptors (Lipinski definition) is 8. The zero-order chi connectivity index (χ0) is 37.3. The van der Waals surface area contributed by atoms with Crippen LogP contribution in [0.25, 0.3) is 37.0 Å². The number of carbonyl (C=O) groups is 1. The second kappa shape index (κ2) is 13.1. The first kappa shape index (κ1) is 35.8. The van der Waals surface area contributed by atoms with Crippen molar-refractivity contribution in [3.8, 4) is 17.1 Å². The van der Waals surface area contributed by atoms with Gasteiger partial charge in [0.15, 0.2) is 5.82 Å². The Balaban J connectivity index is 1.47. The van der Waals surface area contributed by atoms with Crippen molar-refractivity contribution in [3.63, 3.8) is 0 Å². The van der Waals surface area contributed by atoms with Crippen molar-refractivity contribution in [1.29, 1.82) is 0 Å². The Labute approximate surface area is 299 Å². The third-order valence-corrected chi connectivity index (χ3v) is 11.8. The van der Waals surface area contributed by atoms with E-state index in [0.29, 0.717) is 37.3 Å². The topological polar surface area (TPSA) is 92.2 Å². The number of fused-ring (bicyclic) bond motifs is 3. The molecule has 3 saturated heterocycles. The first-order valence-electron chi connectivity index (χ1n) is 16.9. The summed E-state index contributed by atoms with van der Waals surface area (Å²) in [6.45, 7) is 16.3. The molecule has 4 atom stereocenters. The summed E-state index contributed by atoms with van der Waals surface area (Å²) in [6, 6.07) is 1.52. The van der Waals surface area contributed by atoms with Gasteiger partial charge in [-0.25, -0.2) is 18.0 Å². The van der Waals surface area contributed by atoms with Gasteiger partial charge < -0.3 is 20.3 Å². The van der Waals surface area contributed by atoms with Crippen LogP contribution in [0.4, 0.5) is 42.8 Å². The number of carbonyl (C=O) groups excluding carboxylic acids is 1. The average molecular weight is 744 g/mol. The highest BCUT2D eigenvalue weighted by molar-refractivity contribution is 7.23. The Hall–Kier alpha value is -4.62. The van der Waals surface area contributed by atoms with E-state index in [1.165, 1.54) is 6.08 Å². The number of ether oxygens (including phenoxy) is 1. The lowest BCUT2D eigenvalue weighted by atomic mass is 9.93. The van der Waals surface area contributed by atoms with Gasteiger partial charge in [-0.1, -0.05) is 12.6 Å². The molecule has 3 aliphatic heterocycles. The highest BCUT2D eigenvalue weighted by atomic mass is 32.1. The molecule has 274 valence electrons. The van der Waals surface area contributed by atoms with Gasteiger partial charge in [-0.15, -0.1) is 11.3 Å². The van der Waals surface area contributed by atoms with Gasteiger partial charge in [-0.05, 0) is 63.4 Å². The van der Waals surface area contributed by atoms with Gasteiger partial charge in [0, 0.05) is 48.4 Å². The third kappa shape index (κ3) is 5.69. The number of halogens is 6. The summed E-state index contributed by atoms with van der Waals surface area (Å²) in [6.07, 6.45) is -2.85. The lowest BCUT2D eigenvalue weighted by Gasteiger charge is -2.34. The largest absolute Gasteiger partial charge is 0.461 e. The van der Waals surface area contributed by atoms with Gasteiger partial charge in [0.05, 0.1) is 33.4 Å². The van der Waals surface area contributed by atoms with Crippen molar-refractivity contribution in [2.45, 2.75) is 69.5 Å². The fourth-order valence-corrected chi connectivity index (χ4v) is 9.35. The van der Waals surface area contributed by atoms with Crippen molar-refractivity contribution in [2.75, 3.05) is 43.4 Å². The summed E-state index contributed by atoms with van der Waals surface area (Å²) in [5.74, 6) is -2.54. The predicted octanol–water partition coefficient (Wildman–Crippen LogP) is 7.90. The van der Waals surface area contributed by atoms with Gasteiger partial charge in [0.25, 0.3) is 0 Å². The number of alkyl halides is 4. The van der Waals surface area contributed by atoms with Crippen molar-refractivity contribution in [3.05, 3.63) is 59.5 Å². The molecule has 0 saturated carbocycles. The maximum Gasteiger partial charge on any atom is 0.417 e. The Kier molecular flexibility index (Phi) is 9.01. The SMILES string of the molecule is [C-]#[N+]c1c(N)sc2c(F)ccc(-c3c(C(F)(F)F)cc4c(N(CC)C5CCN(C(=O)C=C)C5C)nc(OCC56CCCN5CC(F)C6)nc4c3F)c12. The monoisotopic (exact) mass is 743 g/mol. The van der Waals surface area contributed by atoms with E-state index in [9.17, 15) is 13.6 Å². The van der Waals surface area contributed by atoms with Gasteiger partial charge in [0.2, 0.25) is 11.6 Å². The summed E-state index contributed by atoms with van der Waals surface area (Å²) >= 11 is 0.685. The molecular weight excluding hydrogens is 708 g/mol. The molecule has 0 bridgehead atoms. The molecule has 2 aromatic heterocycles. The Morgan fingerprint density at radius 1 is 1.29 bits per heavy atom. The molecule has 3 fully saturated rings. The van der Waals surface area contributed by atoms with Crippen LogP contribution in [0, 0.1) is 18.2 Å². The summed E-state index contributed by atoms with van der Waals surface area (Å²) < 4.78 is 98.1. The minimum Gasteiger partial charge on any atom is -0.461 e. The minimum atomic E-state index is -5.13. The normalized spacial score (nSPS) is 23.4. The molecule has 52 heavy (non-hydrogen) atoms. The number of rotatable bonds is 8. The maximum absolute atomic E-state index is 17.2. The molecule has 3 aliphatic rings. The highest BCUT2D eigenvalue weighted by Gasteiger charge is 2.49. The molecule has 7 rings (SSSR count). The number of likely N-dealkylation sites (N-methyl/N-ethyl adjacent to an activating group) is 1. The fraction of sp³-hybridized carbons (Fsp3) is 0.444. The number of aromatic nitrogens is 2. The van der Waals surface area contributed by atoms with Crippen molar-refractivity contribution in [2.24, 2.45) is 0 Å². The van der Waals surface area contributed by atoms with Crippen LogP contribution in [0.5, 0.6) is 6.01 Å². The molecule has 0 spiro atoms. The zero-order valence-electron chi connectivity index (χ0n) is 28.4. The van der Waals surface area contributed by atoms with Crippen LogP contribution in [0.3, 0.4) is 0 Å². The standard InChI is InChI=1S/C36H35F6N7O2S/c1-5-25(50)49-13-10-24(18(49)3)48(6-2)33-21-14-22(36(40,41)42)26(20-8-9-23(38)31-27(20)30(44-4)32(43)52-31)28(39)29(21)45-34(46-33)51-17-35-11-7-12-47(35)16-19(37)15-35/h5,8-9,14,18-19,24H,1,6-7,10-13,15-17,43H2,2-3H3. The molecule has 5 heterocycles. The van der Waals surface area contributed by atoms with Crippen LogP contribution in [-0.2, 0) is 11.0 Å². The second-order valence-electron chi connectivity index (χ2n) is 13.5. The smallest absolute Gasteiger partial charge is 0.417 e. The van der Waals surface area contributed by atoms with E-state index in [-0.39, 0.29) is 75.6 Å². The van der Waals surface area contributed by atoms with Crippen LogP contribution in [0.1, 0.15) is 45.1 Å². The average Bonchev–Trinajstić information content (AvgIpc) is 3.85. The summed E-state index contributed by atoms with van der Waals surface area (Å²) in [4.78, 5) is 30.3. The molecule has 0 radical (unpaired) electrons. The minimum absolute atomic E-state index is 0.0256. The predicted molar refractivity (Wildman–Crippen MR) is 187 cm³/mol. The summed E-state index contributed by atoms with van der Waals surface area (Å²) in [5.41, 5.74) is 1.88. The van der Waals surface area contributed by atoms with Gasteiger partial charge in [-0.2, -0.15) is 23.1 Å². The molecule has 9 nitrogen and oxygen atoms in total. The molecule has 2 aromatic carbocycles. The fourth-order valence-electron chi connectivity index (χ4n) is 8.41. The van der Waals surface area contributed by atoms with E-state index in [0.717, 1.165) is 24.6 Å². The lowest BCUT2D eigenvalue weighted by Crippen LogP contribution is -2.45. The molecule has 0 aliphatic carbocycles. The molecular formula is C36H35F6N7O2S. The van der Waals surface area contributed by atoms with Crippen molar-refractivity contribution in [1.82, 2.24) is 19.8 Å². The Morgan fingerprint density at radius 2 is 2.06 bits per heavy atom. The molecule has 16 heteroatoms. The Morgan fingerprint density at radius 3 is 2.75 bits per heavy atom. The van der Waals surface area contributed by atoms with Crippen LogP contribution < -0.4 is 15.4 Å². The van der Waals surface area contributed by atoms with E-state index < -0.39 is 58.2 Å². The van der Waals surface area contributed by atoms with E-state index in [1.54, 1.807) is 16.7 Å². The number of nitrogens with zero attached hydrogens (tertiary/aromatic N) is 6. The molecule has 4 aromatic rings. The number of likely N-dealkylation sites (tertiary alicyclic amines) is 1. The quantitative estimate of drug-likeness (QED) is 0.112. The third-order valence-electron chi connectivity index (χ3n) is 10.8. The van der Waals surface area contributed by atoms with Gasteiger partial charge in [-0.3, -0.25) is 9.69 Å². The first-order chi connectivity index (χ1) is 24.7. The molecule has 1 amide bonds. The van der Waals surface area contributed by atoms with Gasteiger partial charge >= 0.3 is 12.2 Å². The molecule has 4 unspecified atom stereocenters. The van der Waals surface area contributed by atoms with E-state index in [2.05, 4.69) is 21.4 Å². The second-order valence-corrected chi connectivity index (χ2v) is 14.6. The zero-order valence-corrected chi connectivity index (χ0v) is 29.2. The summed E-state index contributed by atoms with van der Waals surface area (Å²) in [5, 5.41) is -0.624. The van der Waals surface area contributed by atoms with Crippen LogP contribution >= 0.6 is 11.3 Å². The van der Waals surface area contributed by atoms with E-state index in [4.69, 9.17) is 17.0 Å². The summed E-state index contributed by atoms with van der Waals surface area (Å²) in [7, 11) is 0. The Bertz CT molecular complexity index is 2150. The number of nitrogen functional groups attached to an aromatic ring is 1. The number of benzene rings is 2. The number of nitrogens with two attached hydrogens (primary N) is 1. The first-order valence-corrected chi connectivity index (χ1v) is 17.8.